The van der Waals surface area contributed by atoms with Crippen molar-refractivity contribution in [2.45, 2.75) is 41.5 Å². The van der Waals surface area contributed by atoms with Crippen LogP contribution in [0.4, 0.5) is 34.1 Å². The first-order valence-corrected chi connectivity index (χ1v) is 44.0. The molecule has 1 saturated carbocycles. The molecule has 0 unspecified atom stereocenters. The Hall–Kier alpha value is -16.9. The van der Waals surface area contributed by atoms with Gasteiger partial charge in [-0.05, 0) is 184 Å². The molecule has 0 aromatic heterocycles. The minimum absolute atomic E-state index is 0.0110. The maximum Gasteiger partial charge on any atom is 0.348 e. The second kappa shape index (κ2) is 55.6. The molecule has 0 bridgehead atoms. The minimum Gasteiger partial charge on any atom is -0.464 e. The lowest BCUT2D eigenvalue weighted by atomic mass is 9.56. The topological polar surface area (TPSA) is 478 Å². The Balaban J connectivity index is 1.44. The van der Waals surface area contributed by atoms with E-state index in [0.717, 1.165) is 0 Å². The highest BCUT2D eigenvalue weighted by atomic mass is 16.6. The normalized spacial score (nSPS) is 15.2. The maximum atomic E-state index is 16.3. The number of esters is 12. The van der Waals surface area contributed by atoms with Gasteiger partial charge in [0.25, 0.3) is 0 Å². The molecule has 6 aromatic rings. The highest BCUT2D eigenvalue weighted by Gasteiger charge is 2.67. The lowest BCUT2D eigenvalue weighted by Gasteiger charge is -2.45. The molecular weight excluding hydrogens is 1780 g/mol. The lowest BCUT2D eigenvalue weighted by Crippen LogP contribution is -2.61. The fourth-order valence-corrected chi connectivity index (χ4v) is 14.2. The van der Waals surface area contributed by atoms with E-state index in [1.54, 1.807) is 259 Å². The number of carbonyl (C=O) groups excluding carboxylic acids is 12. The molecule has 0 amide bonds. The molecule has 0 radical (unpaired) electrons. The summed E-state index contributed by atoms with van der Waals surface area (Å²) in [4.78, 5) is 183. The largest absolute Gasteiger partial charge is 0.464 e. The molecule has 0 saturated heterocycles. The van der Waals surface area contributed by atoms with Crippen LogP contribution in [0.5, 0.6) is 0 Å². The zero-order chi connectivity index (χ0) is 101. The van der Waals surface area contributed by atoms with E-state index in [9.17, 15) is 60.3 Å². The fourth-order valence-electron chi connectivity index (χ4n) is 14.2. The lowest BCUT2D eigenvalue weighted by molar-refractivity contribution is -0.199. The van der Waals surface area contributed by atoms with Gasteiger partial charge in [-0.25, -0.2) is 28.8 Å². The van der Waals surface area contributed by atoms with Crippen LogP contribution in [0.15, 0.2) is 179 Å². The SMILES string of the molecule is CCOC(=O)/C(C#N)=C/c1ccc(N(C)CCOC(=O)C2C(C(=O)OCCN(C)c3ccc(/C=C(\C#N)C(=O)OCC)cc3)C(C(=O)OCCN(C)c3ccc(/C=C(\C#N)C(=O)OCC)cc3)C(C(=O)OCCN(C)c3ccc(/C=C(\C#N)C(=O)OCC)cc3)C(C(=O)OCCN(C)c3ccc(/C=C(\C#N)C(=O)OCC)cc3)C2C(=O)OCCN(C)c2ccc(/C=C(\C#N)C(=O)OCC)cc2)cc1. The van der Waals surface area contributed by atoms with Crippen molar-refractivity contribution in [1.82, 2.24) is 0 Å². The van der Waals surface area contributed by atoms with Gasteiger partial charge >= 0.3 is 71.6 Å². The first-order chi connectivity index (χ1) is 66.4. The third-order valence-corrected chi connectivity index (χ3v) is 21.5. The summed E-state index contributed by atoms with van der Waals surface area (Å²) in [6.45, 7) is 5.05. The molecule has 36 heteroatoms. The molecule has 138 heavy (non-hydrogen) atoms. The average molecular weight is 1890 g/mol. The van der Waals surface area contributed by atoms with Gasteiger partial charge in [0.15, 0.2) is 0 Å². The van der Waals surface area contributed by atoms with Gasteiger partial charge in [-0.2, -0.15) is 31.6 Å². The van der Waals surface area contributed by atoms with E-state index in [2.05, 4.69) is 0 Å². The van der Waals surface area contributed by atoms with Gasteiger partial charge in [0.05, 0.1) is 114 Å². The Labute approximate surface area is 800 Å². The van der Waals surface area contributed by atoms with Gasteiger partial charge in [0.2, 0.25) is 0 Å². The summed E-state index contributed by atoms with van der Waals surface area (Å²) in [6.07, 6.45) is 7.95. The number of hydrogen-bond acceptors (Lipinski definition) is 36. The van der Waals surface area contributed by atoms with Crippen molar-refractivity contribution in [2.24, 2.45) is 35.5 Å². The van der Waals surface area contributed by atoms with Crippen molar-refractivity contribution in [1.29, 1.82) is 31.6 Å². The van der Waals surface area contributed by atoms with Gasteiger partial charge in [-0.3, -0.25) is 28.8 Å². The standard InChI is InChI=1S/C102H108N12O24/c1-13-127-91(115)73(61-103)55-67-19-31-79(32-20-67)109(7)43-49-133-97(121)85-86(98(122)134-50-44-110(8)80-33-21-68(22-34-80)56-74(62-104)92(116)128-14-2)88(100(124)136-52-46-112(10)82-37-25-70(26-38-82)58-76(64-106)94(118)130-16-4)90(102(126)138-54-48-114(12)84-41-29-72(30-42-84)60-78(66-108)96(120)132-18-6)89(101(125)137-53-47-113(11)83-39-27-71(28-40-83)59-77(65-107)95(119)131-17-5)87(85)99(123)135-51-45-111(9)81-35-23-69(24-36-81)57-75(63-105)93(117)129-15-3/h19-42,55-60,85-90H,13-18,43-54H2,1-12H3/b73-55+,74-56+,75-57+,76-58+,77-59+,78-60+. The predicted molar refractivity (Wildman–Crippen MR) is 506 cm³/mol. The van der Waals surface area contributed by atoms with E-state index in [0.29, 0.717) is 67.5 Å². The quantitative estimate of drug-likeness (QED) is 0.0148. The number of nitriles is 6. The van der Waals surface area contributed by atoms with E-state index >= 15 is 28.8 Å². The molecule has 1 aliphatic rings. The Morgan fingerprint density at radius 2 is 0.333 bits per heavy atom. The summed E-state index contributed by atoms with van der Waals surface area (Å²) < 4.78 is 67.6. The number of benzene rings is 6. The van der Waals surface area contributed by atoms with Crippen LogP contribution in [0.1, 0.15) is 74.9 Å². The number of anilines is 6. The van der Waals surface area contributed by atoms with Crippen molar-refractivity contribution in [3.63, 3.8) is 0 Å². The highest BCUT2D eigenvalue weighted by molar-refractivity contribution is 6.03. The van der Waals surface area contributed by atoms with E-state index in [1.807, 2.05) is 36.4 Å². The van der Waals surface area contributed by atoms with Crippen LogP contribution in [-0.2, 0) is 114 Å². The molecular formula is C102H108N12O24. The molecule has 0 atom stereocenters. The summed E-state index contributed by atoms with van der Waals surface area (Å²) in [7, 11) is 9.71. The van der Waals surface area contributed by atoms with E-state index in [-0.39, 0.29) is 112 Å². The molecule has 0 heterocycles. The van der Waals surface area contributed by atoms with Gasteiger partial charge in [-0.1, -0.05) is 72.8 Å². The molecule has 720 valence electrons. The van der Waals surface area contributed by atoms with Gasteiger partial charge < -0.3 is 86.2 Å². The van der Waals surface area contributed by atoms with Crippen LogP contribution in [0, 0.1) is 103 Å². The number of nitrogens with zero attached hydrogens (tertiary/aromatic N) is 12. The first kappa shape index (κ1) is 108. The molecule has 7 rings (SSSR count). The molecule has 1 fully saturated rings. The number of rotatable bonds is 48. The third-order valence-electron chi connectivity index (χ3n) is 21.5. The van der Waals surface area contributed by atoms with E-state index < -0.39 is 147 Å². The number of ether oxygens (including phenoxy) is 12. The van der Waals surface area contributed by atoms with Gasteiger partial charge in [0.1, 0.15) is 109 Å². The van der Waals surface area contributed by atoms with Gasteiger partial charge in [-0.15, -0.1) is 0 Å². The summed E-state index contributed by atoms with van der Waals surface area (Å²) in [5, 5.41) is 58.8. The second-order valence-electron chi connectivity index (χ2n) is 30.6. The number of carbonyl (C=O) groups is 12. The number of likely N-dealkylation sites (N-methyl/N-ethyl adjacent to an activating group) is 6. The van der Waals surface area contributed by atoms with Crippen molar-refractivity contribution in [2.75, 3.05) is 190 Å². The molecule has 1 aliphatic carbocycles. The minimum atomic E-state index is -2.39. The summed E-state index contributed by atoms with van der Waals surface area (Å²) in [6, 6.07) is 49.7. The summed E-state index contributed by atoms with van der Waals surface area (Å²) >= 11 is 0. The summed E-state index contributed by atoms with van der Waals surface area (Å²) in [5.41, 5.74) is 3.85. The zero-order valence-electron chi connectivity index (χ0n) is 78.7. The molecule has 0 aliphatic heterocycles. The molecule has 0 spiro atoms. The van der Waals surface area contributed by atoms with Crippen LogP contribution >= 0.6 is 0 Å². The fraction of sp³-hybridized carbons (Fsp3) is 0.353. The Bertz CT molecular complexity index is 4850. The van der Waals surface area contributed by atoms with Crippen molar-refractivity contribution >= 4 is 142 Å². The van der Waals surface area contributed by atoms with E-state index in [4.69, 9.17) is 56.8 Å². The van der Waals surface area contributed by atoms with Crippen LogP contribution in [0.3, 0.4) is 0 Å². The molecule has 0 N–H and O–H groups in total. The van der Waals surface area contributed by atoms with E-state index in [1.165, 1.54) is 36.5 Å². The van der Waals surface area contributed by atoms with Crippen molar-refractivity contribution < 1.29 is 114 Å². The smallest absolute Gasteiger partial charge is 0.348 e. The van der Waals surface area contributed by atoms with Crippen molar-refractivity contribution in [3.05, 3.63) is 212 Å². The second-order valence-corrected chi connectivity index (χ2v) is 30.6. The number of hydrogen-bond donors (Lipinski definition) is 0. The highest BCUT2D eigenvalue weighted by Crippen LogP contribution is 2.50. The first-order valence-electron chi connectivity index (χ1n) is 44.0. The molecule has 6 aromatic carbocycles. The van der Waals surface area contributed by atoms with Crippen LogP contribution in [0.2, 0.25) is 0 Å². The Morgan fingerprint density at radius 1 is 0.217 bits per heavy atom. The average Bonchev–Trinajstić information content (AvgIpc) is 0.726. The zero-order valence-corrected chi connectivity index (χ0v) is 78.7. The Kier molecular flexibility index (Phi) is 43.6. The Morgan fingerprint density at radius 3 is 0.435 bits per heavy atom. The van der Waals surface area contributed by atoms with Crippen LogP contribution < -0.4 is 29.4 Å². The maximum absolute atomic E-state index is 16.3. The van der Waals surface area contributed by atoms with Gasteiger partial charge in [0, 0.05) is 76.4 Å². The van der Waals surface area contributed by atoms with Crippen LogP contribution in [0.25, 0.3) is 36.5 Å². The summed E-state index contributed by atoms with van der Waals surface area (Å²) in [5.74, 6) is -27.9. The predicted octanol–water partition coefficient (Wildman–Crippen LogP) is 10.6. The van der Waals surface area contributed by atoms with Crippen molar-refractivity contribution in [3.8, 4) is 36.4 Å². The molecule has 36 nitrogen and oxygen atoms in total. The monoisotopic (exact) mass is 1880 g/mol. The van der Waals surface area contributed by atoms with Crippen LogP contribution in [-0.4, -0.2) is 232 Å². The third kappa shape index (κ3) is 31.7.